The number of methoxy groups -OCH3 is 1. The van der Waals surface area contributed by atoms with Gasteiger partial charge in [-0.05, 0) is 6.42 Å². The molecule has 0 aromatic rings. The van der Waals surface area contributed by atoms with Gasteiger partial charge in [0.05, 0.1) is 12.2 Å². The van der Waals surface area contributed by atoms with Crippen molar-refractivity contribution in [1.29, 1.82) is 0 Å². The molecule has 1 fully saturated rings. The Hall–Kier alpha value is -0.410. The third kappa shape index (κ3) is 1.84. The molecule has 0 aliphatic carbocycles. The summed E-state index contributed by atoms with van der Waals surface area (Å²) in [7, 11) is 1.70. The molecule has 0 spiro atoms. The van der Waals surface area contributed by atoms with Gasteiger partial charge in [0, 0.05) is 13.0 Å². The van der Waals surface area contributed by atoms with Crippen LogP contribution < -0.4 is 0 Å². The molecule has 0 unspecified atom stereocenters. The molecular weight excluding hydrogens is 156 g/mol. The zero-order valence-corrected chi connectivity index (χ0v) is 7.82. The highest BCUT2D eigenvalue weighted by Gasteiger charge is 2.45. The van der Waals surface area contributed by atoms with E-state index in [-0.39, 0.29) is 18.3 Å². The number of carbonyl (C=O) groups excluding carboxylic acids is 1. The van der Waals surface area contributed by atoms with E-state index in [1.54, 1.807) is 7.11 Å². The molecule has 0 radical (unpaired) electrons. The van der Waals surface area contributed by atoms with Crippen LogP contribution in [0.1, 0.15) is 20.3 Å². The number of ether oxygens (including phenoxy) is 2. The van der Waals surface area contributed by atoms with Crippen LogP contribution in [0.3, 0.4) is 0 Å². The molecule has 0 N–H and O–H groups in total. The lowest BCUT2D eigenvalue weighted by atomic mass is 9.97. The van der Waals surface area contributed by atoms with Crippen molar-refractivity contribution in [2.24, 2.45) is 5.92 Å². The Labute approximate surface area is 73.0 Å². The van der Waals surface area contributed by atoms with Crippen molar-refractivity contribution in [1.82, 2.24) is 0 Å². The van der Waals surface area contributed by atoms with Crippen molar-refractivity contribution in [3.05, 3.63) is 0 Å². The van der Waals surface area contributed by atoms with Crippen LogP contribution in [0.4, 0.5) is 0 Å². The van der Waals surface area contributed by atoms with Gasteiger partial charge in [0.1, 0.15) is 6.10 Å². The first-order valence-electron chi connectivity index (χ1n) is 4.38. The summed E-state index contributed by atoms with van der Waals surface area (Å²) in [6.45, 7) is 4.13. The van der Waals surface area contributed by atoms with E-state index in [0.29, 0.717) is 5.92 Å². The topological polar surface area (TPSA) is 38.8 Å². The molecule has 3 heteroatoms. The zero-order chi connectivity index (χ0) is 9.14. The lowest BCUT2D eigenvalue weighted by Crippen LogP contribution is -2.25. The molecule has 0 aromatic heterocycles. The Bertz CT molecular complexity index is 154. The van der Waals surface area contributed by atoms with Crippen LogP contribution in [-0.2, 0) is 14.3 Å². The van der Waals surface area contributed by atoms with Crippen molar-refractivity contribution < 1.29 is 14.3 Å². The SMILES string of the molecule is CC[C@@H](OC)[C@H](C)[C@H]1O[C@@H]1C=O. The molecule has 1 aliphatic heterocycles. The molecular formula is C9H16O3. The van der Waals surface area contributed by atoms with Gasteiger partial charge in [-0.15, -0.1) is 0 Å². The van der Waals surface area contributed by atoms with E-state index >= 15 is 0 Å². The molecule has 1 saturated heterocycles. The van der Waals surface area contributed by atoms with E-state index in [9.17, 15) is 4.79 Å². The van der Waals surface area contributed by atoms with Gasteiger partial charge in [-0.3, -0.25) is 0 Å². The Kier molecular flexibility index (Phi) is 3.23. The summed E-state index contributed by atoms with van der Waals surface area (Å²) >= 11 is 0. The molecule has 0 saturated carbocycles. The highest BCUT2D eigenvalue weighted by Crippen LogP contribution is 2.31. The maximum Gasteiger partial charge on any atom is 0.151 e. The molecule has 1 heterocycles. The number of hydrogen-bond donors (Lipinski definition) is 0. The van der Waals surface area contributed by atoms with E-state index in [2.05, 4.69) is 13.8 Å². The van der Waals surface area contributed by atoms with Gasteiger partial charge >= 0.3 is 0 Å². The van der Waals surface area contributed by atoms with E-state index < -0.39 is 0 Å². The number of aldehydes is 1. The number of epoxide rings is 1. The average molecular weight is 172 g/mol. The van der Waals surface area contributed by atoms with Crippen LogP contribution in [0, 0.1) is 5.92 Å². The number of carbonyl (C=O) groups is 1. The summed E-state index contributed by atoms with van der Waals surface area (Å²) in [5.41, 5.74) is 0. The van der Waals surface area contributed by atoms with Gasteiger partial charge in [0.25, 0.3) is 0 Å². The summed E-state index contributed by atoms with van der Waals surface area (Å²) in [4.78, 5) is 10.3. The van der Waals surface area contributed by atoms with Gasteiger partial charge in [-0.25, -0.2) is 0 Å². The number of hydrogen-bond acceptors (Lipinski definition) is 3. The minimum Gasteiger partial charge on any atom is -0.381 e. The van der Waals surface area contributed by atoms with E-state index in [1.807, 2.05) is 0 Å². The molecule has 4 atom stereocenters. The van der Waals surface area contributed by atoms with E-state index in [1.165, 1.54) is 0 Å². The minimum atomic E-state index is -0.177. The van der Waals surface area contributed by atoms with Crippen molar-refractivity contribution in [2.75, 3.05) is 7.11 Å². The second-order valence-electron chi connectivity index (χ2n) is 3.24. The quantitative estimate of drug-likeness (QED) is 0.459. The second kappa shape index (κ2) is 4.01. The Morgan fingerprint density at radius 1 is 1.67 bits per heavy atom. The van der Waals surface area contributed by atoms with Crippen LogP contribution in [0.5, 0.6) is 0 Å². The Balaban J connectivity index is 2.36. The molecule has 12 heavy (non-hydrogen) atoms. The van der Waals surface area contributed by atoms with Crippen LogP contribution in [-0.4, -0.2) is 31.7 Å². The molecule has 0 bridgehead atoms. The number of rotatable bonds is 5. The van der Waals surface area contributed by atoms with Gasteiger partial charge < -0.3 is 14.3 Å². The maximum absolute atomic E-state index is 10.3. The third-order valence-electron chi connectivity index (χ3n) is 2.51. The molecule has 1 aliphatic rings. The Morgan fingerprint density at radius 2 is 2.33 bits per heavy atom. The van der Waals surface area contributed by atoms with Crippen LogP contribution >= 0.6 is 0 Å². The fraction of sp³-hybridized carbons (Fsp3) is 0.889. The van der Waals surface area contributed by atoms with E-state index in [0.717, 1.165) is 12.7 Å². The highest BCUT2D eigenvalue weighted by molar-refractivity contribution is 5.60. The first kappa shape index (κ1) is 9.68. The summed E-state index contributed by atoms with van der Waals surface area (Å²) in [6, 6.07) is 0. The van der Waals surface area contributed by atoms with Crippen molar-refractivity contribution in [3.8, 4) is 0 Å². The van der Waals surface area contributed by atoms with Crippen LogP contribution in [0.25, 0.3) is 0 Å². The fourth-order valence-corrected chi connectivity index (χ4v) is 1.63. The predicted octanol–water partition coefficient (Wildman–Crippen LogP) is 1.01. The van der Waals surface area contributed by atoms with Crippen molar-refractivity contribution in [2.45, 2.75) is 38.6 Å². The van der Waals surface area contributed by atoms with Gasteiger partial charge in [0.2, 0.25) is 0 Å². The molecule has 0 amide bonds. The van der Waals surface area contributed by atoms with Crippen molar-refractivity contribution in [3.63, 3.8) is 0 Å². The monoisotopic (exact) mass is 172 g/mol. The first-order valence-corrected chi connectivity index (χ1v) is 4.38. The zero-order valence-electron chi connectivity index (χ0n) is 7.82. The summed E-state index contributed by atoms with van der Waals surface area (Å²) in [6.07, 6.45) is 1.95. The summed E-state index contributed by atoms with van der Waals surface area (Å²) < 4.78 is 10.4. The third-order valence-corrected chi connectivity index (χ3v) is 2.51. The van der Waals surface area contributed by atoms with E-state index in [4.69, 9.17) is 9.47 Å². The van der Waals surface area contributed by atoms with Gasteiger partial charge in [-0.2, -0.15) is 0 Å². The van der Waals surface area contributed by atoms with Crippen molar-refractivity contribution >= 4 is 6.29 Å². The lowest BCUT2D eigenvalue weighted by molar-refractivity contribution is -0.108. The van der Waals surface area contributed by atoms with Gasteiger partial charge in [-0.1, -0.05) is 13.8 Å². The highest BCUT2D eigenvalue weighted by atomic mass is 16.6. The fourth-order valence-electron chi connectivity index (χ4n) is 1.63. The van der Waals surface area contributed by atoms with Crippen LogP contribution in [0.2, 0.25) is 0 Å². The smallest absolute Gasteiger partial charge is 0.151 e. The van der Waals surface area contributed by atoms with Crippen LogP contribution in [0.15, 0.2) is 0 Å². The molecule has 3 nitrogen and oxygen atoms in total. The lowest BCUT2D eigenvalue weighted by Gasteiger charge is -2.18. The molecule has 70 valence electrons. The molecule has 0 aromatic carbocycles. The first-order chi connectivity index (χ1) is 5.74. The average Bonchev–Trinajstić information content (AvgIpc) is 2.85. The normalized spacial score (nSPS) is 32.6. The molecule has 1 rings (SSSR count). The summed E-state index contributed by atoms with van der Waals surface area (Å²) in [5, 5.41) is 0. The maximum atomic E-state index is 10.3. The minimum absolute atomic E-state index is 0.0902. The van der Waals surface area contributed by atoms with Gasteiger partial charge in [0.15, 0.2) is 6.29 Å². The summed E-state index contributed by atoms with van der Waals surface area (Å²) in [5.74, 6) is 0.315. The largest absolute Gasteiger partial charge is 0.381 e. The second-order valence-corrected chi connectivity index (χ2v) is 3.24. The standard InChI is InChI=1S/C9H16O3/c1-4-7(11-3)6(2)9-8(5-10)12-9/h5-9H,4H2,1-3H3/t6-,7+,8+,9+/m0/s1. The Morgan fingerprint density at radius 3 is 2.67 bits per heavy atom. The predicted molar refractivity (Wildman–Crippen MR) is 45.0 cm³/mol.